The maximum absolute atomic E-state index is 12.4. The van der Waals surface area contributed by atoms with Crippen molar-refractivity contribution < 1.29 is 14.3 Å². The number of carbonyl (C=O) groups excluding carboxylic acids is 2. The third kappa shape index (κ3) is 4.33. The summed E-state index contributed by atoms with van der Waals surface area (Å²) in [6, 6.07) is 17.3. The molecule has 25 heavy (non-hydrogen) atoms. The number of thiophene rings is 1. The van der Waals surface area contributed by atoms with Gasteiger partial charge < -0.3 is 10.1 Å². The topological polar surface area (TPSA) is 55.4 Å². The van der Waals surface area contributed by atoms with Crippen molar-refractivity contribution in [2.45, 2.75) is 13.5 Å². The Labute approximate surface area is 149 Å². The molecule has 0 unspecified atom stereocenters. The number of amides is 1. The first kappa shape index (κ1) is 16.9. The van der Waals surface area contributed by atoms with Gasteiger partial charge in [0.1, 0.15) is 12.3 Å². The van der Waals surface area contributed by atoms with Gasteiger partial charge in [0.05, 0.1) is 0 Å². The van der Waals surface area contributed by atoms with Gasteiger partial charge >= 0.3 is 5.97 Å². The first-order chi connectivity index (χ1) is 12.1. The molecule has 0 aliphatic rings. The number of rotatable bonds is 5. The van der Waals surface area contributed by atoms with Gasteiger partial charge in [-0.3, -0.25) is 4.79 Å². The number of benzene rings is 2. The first-order valence-corrected chi connectivity index (χ1v) is 8.68. The smallest absolute Gasteiger partial charge is 0.355 e. The van der Waals surface area contributed by atoms with E-state index in [1.807, 2.05) is 60.0 Å². The molecule has 0 aliphatic carbocycles. The molecule has 3 rings (SSSR count). The van der Waals surface area contributed by atoms with Gasteiger partial charge in [-0.25, -0.2) is 4.79 Å². The Hall–Kier alpha value is -2.92. The lowest BCUT2D eigenvalue weighted by atomic mass is 10.2. The van der Waals surface area contributed by atoms with Crippen molar-refractivity contribution in [3.8, 4) is 0 Å². The molecule has 0 spiro atoms. The number of ether oxygens (including phenoxy) is 1. The zero-order valence-corrected chi connectivity index (χ0v) is 14.5. The maximum atomic E-state index is 12.4. The third-order valence-electron chi connectivity index (χ3n) is 3.56. The molecule has 0 atom stereocenters. The predicted molar refractivity (Wildman–Crippen MR) is 99.9 cm³/mol. The van der Waals surface area contributed by atoms with Crippen molar-refractivity contribution in [2.75, 3.05) is 0 Å². The summed E-state index contributed by atoms with van der Waals surface area (Å²) in [5, 5.41) is 5.61. The highest BCUT2D eigenvalue weighted by Gasteiger charge is 2.14. The van der Waals surface area contributed by atoms with Crippen LogP contribution in [0.25, 0.3) is 16.2 Å². The van der Waals surface area contributed by atoms with Crippen LogP contribution in [-0.2, 0) is 20.9 Å². The van der Waals surface area contributed by atoms with Gasteiger partial charge in [0.2, 0.25) is 5.91 Å². The molecule has 1 N–H and O–H groups in total. The second-order valence-corrected chi connectivity index (χ2v) is 6.39. The Bertz CT molecular complexity index is 928. The lowest BCUT2D eigenvalue weighted by molar-refractivity contribution is -0.141. The molecule has 0 saturated heterocycles. The van der Waals surface area contributed by atoms with Crippen LogP contribution in [0.1, 0.15) is 18.1 Å². The van der Waals surface area contributed by atoms with E-state index >= 15 is 0 Å². The lowest BCUT2D eigenvalue weighted by Crippen LogP contribution is -2.26. The van der Waals surface area contributed by atoms with E-state index in [4.69, 9.17) is 4.74 Å². The zero-order chi connectivity index (χ0) is 17.6. The van der Waals surface area contributed by atoms with Crippen LogP contribution in [0.15, 0.2) is 65.7 Å². The zero-order valence-electron chi connectivity index (χ0n) is 13.7. The van der Waals surface area contributed by atoms with E-state index in [2.05, 4.69) is 5.32 Å². The molecule has 1 heterocycles. The van der Waals surface area contributed by atoms with Crippen LogP contribution in [0, 0.1) is 0 Å². The number of hydrogen-bond donors (Lipinski definition) is 1. The summed E-state index contributed by atoms with van der Waals surface area (Å²) >= 11 is 1.61. The van der Waals surface area contributed by atoms with Crippen molar-refractivity contribution >= 4 is 39.4 Å². The van der Waals surface area contributed by atoms with Crippen LogP contribution in [0.4, 0.5) is 0 Å². The van der Waals surface area contributed by atoms with Crippen LogP contribution in [0.2, 0.25) is 0 Å². The standard InChI is InChI=1S/C20H17NO3S/c1-14(22)21-18(11-15-7-3-2-4-8-15)20(23)24-12-16-13-25-19-10-6-5-9-17(16)19/h2-11,13H,12H2,1H3,(H,21,22)/b18-11-. The van der Waals surface area contributed by atoms with Gasteiger partial charge in [0.25, 0.3) is 0 Å². The second kappa shape index (κ2) is 7.77. The normalized spacial score (nSPS) is 11.3. The molecule has 0 aliphatic heterocycles. The van der Waals surface area contributed by atoms with E-state index in [1.165, 1.54) is 6.92 Å². The molecule has 3 aromatic rings. The van der Waals surface area contributed by atoms with Crippen molar-refractivity contribution in [3.63, 3.8) is 0 Å². The number of hydrogen-bond acceptors (Lipinski definition) is 4. The summed E-state index contributed by atoms with van der Waals surface area (Å²) in [6.07, 6.45) is 1.61. The quantitative estimate of drug-likeness (QED) is 0.556. The molecule has 126 valence electrons. The van der Waals surface area contributed by atoms with E-state index in [-0.39, 0.29) is 18.2 Å². The summed E-state index contributed by atoms with van der Waals surface area (Å²) in [7, 11) is 0. The van der Waals surface area contributed by atoms with Gasteiger partial charge in [0, 0.05) is 17.2 Å². The molecule has 5 heteroatoms. The second-order valence-electron chi connectivity index (χ2n) is 5.48. The SMILES string of the molecule is CC(=O)N/C(=C\c1ccccc1)C(=O)OCc1csc2ccccc12. The average Bonchev–Trinajstić information content (AvgIpc) is 3.03. The minimum Gasteiger partial charge on any atom is -0.456 e. The molecule has 0 saturated carbocycles. The molecule has 2 aromatic carbocycles. The fourth-order valence-electron chi connectivity index (χ4n) is 2.42. The highest BCUT2D eigenvalue weighted by Crippen LogP contribution is 2.26. The molecule has 1 amide bonds. The number of carbonyl (C=O) groups is 2. The molecule has 1 aromatic heterocycles. The Morgan fingerprint density at radius 2 is 1.80 bits per heavy atom. The Kier molecular flexibility index (Phi) is 5.26. The van der Waals surface area contributed by atoms with Gasteiger partial charge in [-0.05, 0) is 28.5 Å². The summed E-state index contributed by atoms with van der Waals surface area (Å²) in [6.45, 7) is 1.52. The van der Waals surface area contributed by atoms with E-state index in [1.54, 1.807) is 17.4 Å². The van der Waals surface area contributed by atoms with Crippen molar-refractivity contribution in [1.29, 1.82) is 0 Å². The first-order valence-electron chi connectivity index (χ1n) is 7.80. The lowest BCUT2D eigenvalue weighted by Gasteiger charge is -2.09. The average molecular weight is 351 g/mol. The molecular weight excluding hydrogens is 334 g/mol. The highest BCUT2D eigenvalue weighted by atomic mass is 32.1. The summed E-state index contributed by atoms with van der Waals surface area (Å²) in [5.74, 6) is -0.880. The largest absolute Gasteiger partial charge is 0.456 e. The number of fused-ring (bicyclic) bond motifs is 1. The van der Waals surface area contributed by atoms with Crippen LogP contribution < -0.4 is 5.32 Å². The van der Waals surface area contributed by atoms with Crippen LogP contribution in [0.5, 0.6) is 0 Å². The van der Waals surface area contributed by atoms with Crippen LogP contribution in [-0.4, -0.2) is 11.9 Å². The molecule has 0 bridgehead atoms. The van der Waals surface area contributed by atoms with Gasteiger partial charge in [-0.1, -0.05) is 48.5 Å². The number of esters is 1. The molecule has 4 nitrogen and oxygen atoms in total. The van der Waals surface area contributed by atoms with Crippen molar-refractivity contribution in [3.05, 3.63) is 76.8 Å². The van der Waals surface area contributed by atoms with Gasteiger partial charge in [-0.15, -0.1) is 11.3 Å². The Morgan fingerprint density at radius 3 is 2.56 bits per heavy atom. The van der Waals surface area contributed by atoms with E-state index in [0.29, 0.717) is 0 Å². The minimum atomic E-state index is -0.561. The summed E-state index contributed by atoms with van der Waals surface area (Å²) in [5.41, 5.74) is 1.89. The van der Waals surface area contributed by atoms with Crippen LogP contribution in [0.3, 0.4) is 0 Å². The van der Waals surface area contributed by atoms with Crippen molar-refractivity contribution in [1.82, 2.24) is 5.32 Å². The fourth-order valence-corrected chi connectivity index (χ4v) is 3.36. The van der Waals surface area contributed by atoms with E-state index in [0.717, 1.165) is 21.2 Å². The third-order valence-corrected chi connectivity index (χ3v) is 4.57. The Balaban J connectivity index is 1.76. The predicted octanol–water partition coefficient (Wildman–Crippen LogP) is 4.12. The van der Waals surface area contributed by atoms with Crippen LogP contribution >= 0.6 is 11.3 Å². The maximum Gasteiger partial charge on any atom is 0.355 e. The highest BCUT2D eigenvalue weighted by molar-refractivity contribution is 7.17. The summed E-state index contributed by atoms with van der Waals surface area (Å²) < 4.78 is 6.56. The van der Waals surface area contributed by atoms with Crippen molar-refractivity contribution in [2.24, 2.45) is 0 Å². The van der Waals surface area contributed by atoms with E-state index < -0.39 is 5.97 Å². The monoisotopic (exact) mass is 351 g/mol. The van der Waals surface area contributed by atoms with Gasteiger partial charge in [-0.2, -0.15) is 0 Å². The molecular formula is C20H17NO3S. The molecule has 0 fully saturated rings. The molecule has 0 radical (unpaired) electrons. The Morgan fingerprint density at radius 1 is 1.08 bits per heavy atom. The minimum absolute atomic E-state index is 0.123. The van der Waals surface area contributed by atoms with Gasteiger partial charge in [0.15, 0.2) is 0 Å². The van der Waals surface area contributed by atoms with E-state index in [9.17, 15) is 9.59 Å². The fraction of sp³-hybridized carbons (Fsp3) is 0.100. The number of nitrogens with one attached hydrogen (secondary N) is 1. The summed E-state index contributed by atoms with van der Waals surface area (Å²) in [4.78, 5) is 23.8.